The van der Waals surface area contributed by atoms with Gasteiger partial charge in [-0.05, 0) is 42.2 Å². The second-order valence-electron chi connectivity index (χ2n) is 6.97. The first-order valence-corrected chi connectivity index (χ1v) is 9.16. The lowest BCUT2D eigenvalue weighted by atomic mass is 9.98. The second-order valence-corrected chi connectivity index (χ2v) is 6.97. The fraction of sp³-hybridized carbons (Fsp3) is 0.429. The number of benzene rings is 2. The molecule has 126 valence electrons. The van der Waals surface area contributed by atoms with Crippen LogP contribution in [0.5, 0.6) is 11.5 Å². The molecule has 0 amide bonds. The van der Waals surface area contributed by atoms with Crippen LogP contribution in [-0.2, 0) is 0 Å². The average Bonchev–Trinajstić information content (AvgIpc) is 3.46. The summed E-state index contributed by atoms with van der Waals surface area (Å²) in [5.41, 5.74) is 1.40. The van der Waals surface area contributed by atoms with E-state index in [-0.39, 0.29) is 0 Å². The molecule has 0 radical (unpaired) electrons. The van der Waals surface area contributed by atoms with Crippen molar-refractivity contribution in [1.29, 1.82) is 0 Å². The molecule has 0 spiro atoms. The Morgan fingerprint density at radius 1 is 0.958 bits per heavy atom. The minimum absolute atomic E-state index is 0.527. The normalized spacial score (nSPS) is 19.8. The molecule has 24 heavy (non-hydrogen) atoms. The quantitative estimate of drug-likeness (QED) is 0.861. The zero-order valence-electron chi connectivity index (χ0n) is 14.2. The summed E-state index contributed by atoms with van der Waals surface area (Å²) in [6.45, 7) is 4.48. The van der Waals surface area contributed by atoms with Crippen molar-refractivity contribution in [2.24, 2.45) is 5.92 Å². The predicted molar refractivity (Wildman–Crippen MR) is 97.5 cm³/mol. The van der Waals surface area contributed by atoms with Crippen molar-refractivity contribution in [3.63, 3.8) is 0 Å². The lowest BCUT2D eigenvalue weighted by Gasteiger charge is -2.35. The third kappa shape index (κ3) is 3.97. The van der Waals surface area contributed by atoms with Gasteiger partial charge >= 0.3 is 0 Å². The van der Waals surface area contributed by atoms with Crippen molar-refractivity contribution in [3.05, 3.63) is 60.2 Å². The number of nitrogens with zero attached hydrogens (tertiary/aromatic N) is 1. The zero-order valence-corrected chi connectivity index (χ0v) is 14.2. The summed E-state index contributed by atoms with van der Waals surface area (Å²) in [4.78, 5) is 2.65. The van der Waals surface area contributed by atoms with Crippen molar-refractivity contribution in [1.82, 2.24) is 10.2 Å². The summed E-state index contributed by atoms with van der Waals surface area (Å²) in [5.74, 6) is 2.76. The van der Waals surface area contributed by atoms with Crippen LogP contribution in [0.3, 0.4) is 0 Å². The van der Waals surface area contributed by atoms with Crippen LogP contribution >= 0.6 is 0 Å². The van der Waals surface area contributed by atoms with Crippen molar-refractivity contribution in [2.45, 2.75) is 25.3 Å². The van der Waals surface area contributed by atoms with Gasteiger partial charge in [-0.15, -0.1) is 0 Å². The number of ether oxygens (including phenoxy) is 1. The van der Waals surface area contributed by atoms with Crippen LogP contribution in [0.2, 0.25) is 0 Å². The molecule has 1 saturated carbocycles. The lowest BCUT2D eigenvalue weighted by molar-refractivity contribution is 0.160. The highest BCUT2D eigenvalue weighted by molar-refractivity contribution is 5.35. The Kier molecular flexibility index (Phi) is 4.81. The van der Waals surface area contributed by atoms with Crippen LogP contribution in [0.1, 0.15) is 30.9 Å². The molecule has 0 bridgehead atoms. The van der Waals surface area contributed by atoms with E-state index in [0.717, 1.165) is 43.6 Å². The highest BCUT2D eigenvalue weighted by Crippen LogP contribution is 2.40. The molecular formula is C21H26N2O. The zero-order chi connectivity index (χ0) is 16.2. The Bertz CT molecular complexity index is 648. The molecule has 4 rings (SSSR count). The first-order chi connectivity index (χ1) is 11.9. The molecule has 2 aliphatic rings. The van der Waals surface area contributed by atoms with E-state index in [1.807, 2.05) is 30.3 Å². The van der Waals surface area contributed by atoms with Gasteiger partial charge < -0.3 is 10.1 Å². The minimum atomic E-state index is 0.527. The molecule has 0 unspecified atom stereocenters. The average molecular weight is 322 g/mol. The van der Waals surface area contributed by atoms with Crippen LogP contribution in [0.25, 0.3) is 0 Å². The standard InChI is InChI=1S/C21H26N2O/c1-2-6-19(7-3-1)24-20-8-4-5-18(16-20)21(15-17-9-10-17)23-13-11-22-12-14-23/h1-8,16-17,21-22H,9-15H2/t21-/m1/s1. The van der Waals surface area contributed by atoms with Crippen LogP contribution in [-0.4, -0.2) is 31.1 Å². The largest absolute Gasteiger partial charge is 0.457 e. The van der Waals surface area contributed by atoms with Crippen molar-refractivity contribution in [3.8, 4) is 11.5 Å². The van der Waals surface area contributed by atoms with Gasteiger partial charge in [0.15, 0.2) is 0 Å². The number of hydrogen-bond donors (Lipinski definition) is 1. The molecule has 1 saturated heterocycles. The molecule has 1 heterocycles. The van der Waals surface area contributed by atoms with E-state index in [4.69, 9.17) is 4.74 Å². The van der Waals surface area contributed by atoms with Gasteiger partial charge in [-0.2, -0.15) is 0 Å². The summed E-state index contributed by atoms with van der Waals surface area (Å²) in [6.07, 6.45) is 4.10. The van der Waals surface area contributed by atoms with Gasteiger partial charge in [0.1, 0.15) is 11.5 Å². The molecule has 2 aromatic rings. The minimum Gasteiger partial charge on any atom is -0.457 e. The molecule has 2 aromatic carbocycles. The fourth-order valence-electron chi connectivity index (χ4n) is 3.57. The third-order valence-electron chi connectivity index (χ3n) is 5.07. The number of hydrogen-bond acceptors (Lipinski definition) is 3. The van der Waals surface area contributed by atoms with Crippen molar-refractivity contribution < 1.29 is 4.74 Å². The van der Waals surface area contributed by atoms with Gasteiger partial charge in [0.25, 0.3) is 0 Å². The summed E-state index contributed by atoms with van der Waals surface area (Å²) in [6, 6.07) is 19.3. The van der Waals surface area contributed by atoms with Crippen LogP contribution in [0, 0.1) is 5.92 Å². The summed E-state index contributed by atoms with van der Waals surface area (Å²) in [5, 5.41) is 3.47. The Balaban J connectivity index is 1.54. The van der Waals surface area contributed by atoms with Gasteiger partial charge in [-0.3, -0.25) is 4.90 Å². The third-order valence-corrected chi connectivity index (χ3v) is 5.07. The van der Waals surface area contributed by atoms with Gasteiger partial charge in [-0.1, -0.05) is 43.2 Å². The topological polar surface area (TPSA) is 24.5 Å². The molecule has 3 nitrogen and oxygen atoms in total. The van der Waals surface area contributed by atoms with Gasteiger partial charge in [0, 0.05) is 32.2 Å². The SMILES string of the molecule is c1ccc(Oc2cccc([C@@H](CC3CC3)N3CCNCC3)c2)cc1. The van der Waals surface area contributed by atoms with Gasteiger partial charge in [0.05, 0.1) is 0 Å². The van der Waals surface area contributed by atoms with Crippen LogP contribution in [0.15, 0.2) is 54.6 Å². The molecule has 1 aliphatic heterocycles. The fourth-order valence-corrected chi connectivity index (χ4v) is 3.57. The van der Waals surface area contributed by atoms with E-state index in [1.54, 1.807) is 0 Å². The first-order valence-electron chi connectivity index (χ1n) is 9.16. The molecule has 3 heteroatoms. The Labute approximate surface area is 144 Å². The number of rotatable bonds is 6. The second kappa shape index (κ2) is 7.37. The molecule has 1 atom stereocenters. The number of nitrogens with one attached hydrogen (secondary N) is 1. The lowest BCUT2D eigenvalue weighted by Crippen LogP contribution is -2.45. The monoisotopic (exact) mass is 322 g/mol. The maximum atomic E-state index is 6.05. The molecular weight excluding hydrogens is 296 g/mol. The highest BCUT2D eigenvalue weighted by Gasteiger charge is 2.30. The smallest absolute Gasteiger partial charge is 0.127 e. The summed E-state index contributed by atoms with van der Waals surface area (Å²) in [7, 11) is 0. The molecule has 1 N–H and O–H groups in total. The van der Waals surface area contributed by atoms with E-state index >= 15 is 0 Å². The van der Waals surface area contributed by atoms with Crippen LogP contribution in [0.4, 0.5) is 0 Å². The Morgan fingerprint density at radius 2 is 1.71 bits per heavy atom. The Hall–Kier alpha value is -1.84. The molecule has 0 aromatic heterocycles. The van der Waals surface area contributed by atoms with Crippen molar-refractivity contribution >= 4 is 0 Å². The Morgan fingerprint density at radius 3 is 2.46 bits per heavy atom. The summed E-state index contributed by atoms with van der Waals surface area (Å²) >= 11 is 0. The van der Waals surface area contributed by atoms with E-state index in [0.29, 0.717) is 6.04 Å². The predicted octanol–water partition coefficient (Wildman–Crippen LogP) is 4.23. The first kappa shape index (κ1) is 15.7. The maximum Gasteiger partial charge on any atom is 0.127 e. The number of piperazine rings is 1. The highest BCUT2D eigenvalue weighted by atomic mass is 16.5. The van der Waals surface area contributed by atoms with Crippen LogP contribution < -0.4 is 10.1 Å². The van der Waals surface area contributed by atoms with Gasteiger partial charge in [0.2, 0.25) is 0 Å². The maximum absolute atomic E-state index is 6.05. The molecule has 1 aliphatic carbocycles. The summed E-state index contributed by atoms with van der Waals surface area (Å²) < 4.78 is 6.05. The number of para-hydroxylation sites is 1. The van der Waals surface area contributed by atoms with Gasteiger partial charge in [-0.25, -0.2) is 0 Å². The van der Waals surface area contributed by atoms with Crippen molar-refractivity contribution in [2.75, 3.05) is 26.2 Å². The van der Waals surface area contributed by atoms with E-state index in [1.165, 1.54) is 24.8 Å². The van der Waals surface area contributed by atoms with E-state index < -0.39 is 0 Å². The molecule has 2 fully saturated rings. The van der Waals surface area contributed by atoms with E-state index in [2.05, 4.69) is 34.5 Å². The van der Waals surface area contributed by atoms with E-state index in [9.17, 15) is 0 Å².